The van der Waals surface area contributed by atoms with E-state index in [1.165, 1.54) is 19.3 Å². The highest BCUT2D eigenvalue weighted by Crippen LogP contribution is 2.36. The van der Waals surface area contributed by atoms with Gasteiger partial charge in [0.05, 0.1) is 18.7 Å². The first-order valence-corrected chi connectivity index (χ1v) is 9.65. The minimum Gasteiger partial charge on any atom is -0.493 e. The van der Waals surface area contributed by atoms with Crippen LogP contribution >= 0.6 is 11.6 Å². The highest BCUT2D eigenvalue weighted by molar-refractivity contribution is 6.32. The minimum absolute atomic E-state index is 0.206. The number of piperidine rings is 1. The molecule has 1 saturated heterocycles. The number of ether oxygens (including phenoxy) is 3. The Kier molecular flexibility index (Phi) is 8.33. The van der Waals surface area contributed by atoms with Crippen molar-refractivity contribution in [2.24, 2.45) is 11.7 Å². The van der Waals surface area contributed by atoms with Gasteiger partial charge in [-0.2, -0.15) is 0 Å². The summed E-state index contributed by atoms with van der Waals surface area (Å²) in [6.45, 7) is 2.75. The van der Waals surface area contributed by atoms with Crippen molar-refractivity contribution in [1.29, 1.82) is 0 Å². The lowest BCUT2D eigenvalue weighted by atomic mass is 9.96. The second-order valence-electron chi connectivity index (χ2n) is 6.47. The molecule has 1 aliphatic heterocycles. The van der Waals surface area contributed by atoms with Gasteiger partial charge in [0, 0.05) is 25.1 Å². The van der Waals surface area contributed by atoms with Crippen molar-refractivity contribution in [2.45, 2.75) is 19.8 Å². The molecular weight excluding hydrogens is 400 g/mol. The van der Waals surface area contributed by atoms with Crippen molar-refractivity contribution in [3.05, 3.63) is 28.8 Å². The fourth-order valence-electron chi connectivity index (χ4n) is 2.97. The van der Waals surface area contributed by atoms with Crippen molar-refractivity contribution in [2.75, 3.05) is 33.4 Å². The van der Waals surface area contributed by atoms with Gasteiger partial charge in [-0.15, -0.1) is 0 Å². The number of esters is 1. The van der Waals surface area contributed by atoms with Crippen LogP contribution in [-0.4, -0.2) is 56.1 Å². The quantitative estimate of drug-likeness (QED) is 0.505. The average molecular weight is 425 g/mol. The number of hydrogen-bond donors (Lipinski definition) is 1. The molecule has 1 fully saturated rings. The lowest BCUT2D eigenvalue weighted by molar-refractivity contribution is -0.149. The van der Waals surface area contributed by atoms with Gasteiger partial charge < -0.3 is 24.8 Å². The second kappa shape index (κ2) is 10.7. The van der Waals surface area contributed by atoms with Gasteiger partial charge in [-0.3, -0.25) is 9.59 Å². The van der Waals surface area contributed by atoms with Crippen LogP contribution in [0.5, 0.6) is 11.5 Å². The van der Waals surface area contributed by atoms with E-state index >= 15 is 0 Å². The second-order valence-corrected chi connectivity index (χ2v) is 6.87. The normalized spacial score (nSPS) is 14.7. The van der Waals surface area contributed by atoms with Crippen molar-refractivity contribution < 1.29 is 28.6 Å². The Labute approximate surface area is 174 Å². The first-order valence-electron chi connectivity index (χ1n) is 9.28. The van der Waals surface area contributed by atoms with Gasteiger partial charge in [-0.1, -0.05) is 11.6 Å². The van der Waals surface area contributed by atoms with Crippen LogP contribution in [0.3, 0.4) is 0 Å². The van der Waals surface area contributed by atoms with Gasteiger partial charge in [-0.05, 0) is 43.5 Å². The van der Waals surface area contributed by atoms with Crippen molar-refractivity contribution >= 4 is 35.5 Å². The summed E-state index contributed by atoms with van der Waals surface area (Å²) in [5.74, 6) is -0.638. The molecule has 8 nitrogen and oxygen atoms in total. The van der Waals surface area contributed by atoms with Crippen LogP contribution in [0.2, 0.25) is 5.02 Å². The van der Waals surface area contributed by atoms with Crippen LogP contribution in [0, 0.1) is 5.92 Å². The molecule has 2 N–H and O–H groups in total. The Hall–Kier alpha value is -2.74. The molecule has 0 spiro atoms. The van der Waals surface area contributed by atoms with Crippen LogP contribution in [0.15, 0.2) is 18.2 Å². The maximum atomic E-state index is 12.1. The summed E-state index contributed by atoms with van der Waals surface area (Å²) in [4.78, 5) is 36.8. The van der Waals surface area contributed by atoms with E-state index in [0.717, 1.165) is 0 Å². The van der Waals surface area contributed by atoms with Crippen molar-refractivity contribution in [1.82, 2.24) is 4.90 Å². The Balaban J connectivity index is 1.87. The van der Waals surface area contributed by atoms with E-state index in [9.17, 15) is 14.4 Å². The molecule has 158 valence electrons. The van der Waals surface area contributed by atoms with E-state index in [-0.39, 0.29) is 24.3 Å². The van der Waals surface area contributed by atoms with Crippen molar-refractivity contribution in [3.63, 3.8) is 0 Å². The number of methoxy groups -OCH3 is 1. The molecule has 9 heteroatoms. The number of halogens is 1. The van der Waals surface area contributed by atoms with Crippen molar-refractivity contribution in [3.8, 4) is 11.5 Å². The molecule has 0 bridgehead atoms. The van der Waals surface area contributed by atoms with E-state index in [1.807, 2.05) is 6.92 Å². The number of rotatable bonds is 8. The number of likely N-dealkylation sites (tertiary alicyclic amines) is 1. The SMILES string of the molecule is CCOc1c(Cl)cc(/C=C/C(=O)OCC(=O)N2CCC(C(N)=O)CC2)cc1OC. The van der Waals surface area contributed by atoms with Crippen LogP contribution in [0.25, 0.3) is 6.08 Å². The molecule has 29 heavy (non-hydrogen) atoms. The van der Waals surface area contributed by atoms with Gasteiger partial charge in [0.25, 0.3) is 5.91 Å². The largest absolute Gasteiger partial charge is 0.493 e. The zero-order chi connectivity index (χ0) is 21.4. The summed E-state index contributed by atoms with van der Waals surface area (Å²) in [5.41, 5.74) is 5.89. The third-order valence-corrected chi connectivity index (χ3v) is 4.82. The van der Waals surface area contributed by atoms with Gasteiger partial charge in [0.2, 0.25) is 5.91 Å². The zero-order valence-electron chi connectivity index (χ0n) is 16.5. The first kappa shape index (κ1) is 22.5. The summed E-state index contributed by atoms with van der Waals surface area (Å²) in [6, 6.07) is 3.31. The maximum Gasteiger partial charge on any atom is 0.331 e. The lowest BCUT2D eigenvalue weighted by Gasteiger charge is -2.30. The number of nitrogens with zero attached hydrogens (tertiary/aromatic N) is 1. The summed E-state index contributed by atoms with van der Waals surface area (Å²) in [6.07, 6.45) is 3.76. The van der Waals surface area contributed by atoms with E-state index in [1.54, 1.807) is 17.0 Å². The molecular formula is C20H25ClN2O6. The van der Waals surface area contributed by atoms with E-state index in [0.29, 0.717) is 54.6 Å². The molecule has 2 rings (SSSR count). The highest BCUT2D eigenvalue weighted by Gasteiger charge is 2.26. The third kappa shape index (κ3) is 6.39. The van der Waals surface area contributed by atoms with E-state index in [4.69, 9.17) is 31.5 Å². The summed E-state index contributed by atoms with van der Waals surface area (Å²) < 4.78 is 15.7. The number of primary amides is 1. The molecule has 0 unspecified atom stereocenters. The number of carbonyl (C=O) groups is 3. The average Bonchev–Trinajstić information content (AvgIpc) is 2.72. The van der Waals surface area contributed by atoms with Crippen LogP contribution < -0.4 is 15.2 Å². The van der Waals surface area contributed by atoms with Gasteiger partial charge >= 0.3 is 5.97 Å². The topological polar surface area (TPSA) is 108 Å². The van der Waals surface area contributed by atoms with E-state index < -0.39 is 5.97 Å². The monoisotopic (exact) mass is 424 g/mol. The number of amides is 2. The molecule has 0 atom stereocenters. The summed E-state index contributed by atoms with van der Waals surface area (Å²) >= 11 is 6.19. The zero-order valence-corrected chi connectivity index (χ0v) is 17.2. The highest BCUT2D eigenvalue weighted by atomic mass is 35.5. The van der Waals surface area contributed by atoms with E-state index in [2.05, 4.69) is 0 Å². The Bertz CT molecular complexity index is 787. The molecule has 2 amide bonds. The van der Waals surface area contributed by atoms with Crippen LogP contribution in [0.1, 0.15) is 25.3 Å². The molecule has 1 aromatic rings. The predicted molar refractivity (Wildman–Crippen MR) is 108 cm³/mol. The molecule has 1 aliphatic rings. The standard InChI is InChI=1S/C20H25ClN2O6/c1-3-28-19-15(21)10-13(11-16(19)27-2)4-5-18(25)29-12-17(24)23-8-6-14(7-9-23)20(22)26/h4-5,10-11,14H,3,6-9,12H2,1-2H3,(H2,22,26)/b5-4+. The van der Waals surface area contributed by atoms with Crippen LogP contribution in [-0.2, 0) is 19.1 Å². The summed E-state index contributed by atoms with van der Waals surface area (Å²) in [5, 5.41) is 0.355. The first-order chi connectivity index (χ1) is 13.8. The van der Waals surface area contributed by atoms with Gasteiger partial charge in [0.15, 0.2) is 18.1 Å². The molecule has 1 aromatic carbocycles. The van der Waals surface area contributed by atoms with Gasteiger partial charge in [-0.25, -0.2) is 4.79 Å². The smallest absolute Gasteiger partial charge is 0.331 e. The molecule has 0 aliphatic carbocycles. The fourth-order valence-corrected chi connectivity index (χ4v) is 3.24. The number of carbonyl (C=O) groups excluding carboxylic acids is 3. The Morgan fingerprint density at radius 2 is 1.97 bits per heavy atom. The number of nitrogens with two attached hydrogens (primary N) is 1. The maximum absolute atomic E-state index is 12.1. The molecule has 0 saturated carbocycles. The fraction of sp³-hybridized carbons (Fsp3) is 0.450. The third-order valence-electron chi connectivity index (χ3n) is 4.54. The number of benzene rings is 1. The number of hydrogen-bond acceptors (Lipinski definition) is 6. The minimum atomic E-state index is -0.658. The molecule has 0 radical (unpaired) electrons. The lowest BCUT2D eigenvalue weighted by Crippen LogP contribution is -2.43. The van der Waals surface area contributed by atoms with Crippen LogP contribution in [0.4, 0.5) is 0 Å². The molecule has 0 aromatic heterocycles. The Morgan fingerprint density at radius 1 is 1.28 bits per heavy atom. The van der Waals surface area contributed by atoms with Gasteiger partial charge in [0.1, 0.15) is 0 Å². The predicted octanol–water partition coefficient (Wildman–Crippen LogP) is 2.03. The Morgan fingerprint density at radius 3 is 2.55 bits per heavy atom. The summed E-state index contributed by atoms with van der Waals surface area (Å²) in [7, 11) is 1.49. The molecule has 1 heterocycles.